The zero-order valence-corrected chi connectivity index (χ0v) is 13.7. The molecule has 0 amide bonds. The van der Waals surface area contributed by atoms with Gasteiger partial charge < -0.3 is 4.42 Å². The minimum atomic E-state index is -4.75. The lowest BCUT2D eigenvalue weighted by atomic mass is 10.0. The molecule has 0 spiro atoms. The average molecular weight is 370 g/mol. The average Bonchev–Trinajstić information content (AvgIpc) is 2.95. The Morgan fingerprint density at radius 2 is 1.96 bits per heavy atom. The lowest BCUT2D eigenvalue weighted by Crippen LogP contribution is -2.09. The van der Waals surface area contributed by atoms with Crippen LogP contribution < -0.4 is 0 Å². The molecule has 3 aromatic rings. The number of oxazole rings is 1. The minimum absolute atomic E-state index is 0.125. The normalized spacial score (nSPS) is 12.8. The predicted octanol–water partition coefficient (Wildman–Crippen LogP) is 6.29. The molecule has 0 saturated heterocycles. The van der Waals surface area contributed by atoms with E-state index in [0.29, 0.717) is 27.3 Å². The highest BCUT2D eigenvalue weighted by Gasteiger charge is 2.34. The highest BCUT2D eigenvalue weighted by atomic mass is 35.5. The number of alkyl halides is 3. The van der Waals surface area contributed by atoms with Gasteiger partial charge in [0.25, 0.3) is 0 Å². The zero-order valence-electron chi connectivity index (χ0n) is 13.0. The molecule has 0 aliphatic rings. The fourth-order valence-electron chi connectivity index (χ4n) is 2.46. The summed E-state index contributed by atoms with van der Waals surface area (Å²) in [6.07, 6.45) is -2.92. The van der Waals surface area contributed by atoms with Gasteiger partial charge in [0, 0.05) is 17.0 Å². The summed E-state index contributed by atoms with van der Waals surface area (Å²) in [6.45, 7) is 1.73. The van der Waals surface area contributed by atoms with Crippen LogP contribution in [0.1, 0.15) is 23.9 Å². The van der Waals surface area contributed by atoms with E-state index in [1.54, 1.807) is 31.2 Å². The molecule has 0 unspecified atom stereocenters. The molecule has 0 radical (unpaired) electrons. The first-order valence-electron chi connectivity index (χ1n) is 7.35. The molecule has 0 saturated carbocycles. The number of rotatable bonds is 3. The number of allylic oxidation sites excluding steroid dienone is 2. The lowest BCUT2D eigenvalue weighted by molar-refractivity contribution is -0.140. The summed E-state index contributed by atoms with van der Waals surface area (Å²) in [6, 6.07) is 7.89. The fraction of sp³-hybridized carbons (Fsp3) is 0.167. The monoisotopic (exact) mass is 369 g/mol. The lowest BCUT2D eigenvalue weighted by Gasteiger charge is -2.10. The van der Waals surface area contributed by atoms with E-state index in [9.17, 15) is 17.6 Å². The van der Waals surface area contributed by atoms with E-state index in [2.05, 4.69) is 4.98 Å². The number of hydrogen-bond donors (Lipinski definition) is 0. The van der Waals surface area contributed by atoms with Crippen LogP contribution in [0.2, 0.25) is 5.02 Å². The van der Waals surface area contributed by atoms with Crippen molar-refractivity contribution in [3.8, 4) is 0 Å². The molecule has 0 fully saturated rings. The molecule has 7 heteroatoms. The SMILES string of the molecule is CC=C(Cc1ccc(F)c(C(F)(F)F)c1)c1nc2cc(Cl)ccc2o1. The number of hydrogen-bond acceptors (Lipinski definition) is 2. The Hall–Kier alpha value is -2.34. The molecule has 0 aliphatic carbocycles. The van der Waals surface area contributed by atoms with Gasteiger partial charge >= 0.3 is 6.18 Å². The van der Waals surface area contributed by atoms with E-state index in [1.807, 2.05) is 0 Å². The summed E-state index contributed by atoms with van der Waals surface area (Å²) >= 11 is 5.91. The van der Waals surface area contributed by atoms with E-state index in [-0.39, 0.29) is 12.3 Å². The molecule has 1 heterocycles. The van der Waals surface area contributed by atoms with Crippen LogP contribution in [0.3, 0.4) is 0 Å². The van der Waals surface area contributed by atoms with Crippen molar-refractivity contribution in [3.05, 3.63) is 70.3 Å². The van der Waals surface area contributed by atoms with Gasteiger partial charge in [-0.2, -0.15) is 13.2 Å². The summed E-state index contributed by atoms with van der Waals surface area (Å²) in [7, 11) is 0. The molecule has 0 bridgehead atoms. The molecule has 1 aromatic heterocycles. The second kappa shape index (κ2) is 6.52. The topological polar surface area (TPSA) is 26.0 Å². The van der Waals surface area contributed by atoms with Crippen LogP contribution in [0.25, 0.3) is 16.7 Å². The molecular formula is C18H12ClF4NO. The number of halogens is 5. The number of nitrogens with zero attached hydrogens (tertiary/aromatic N) is 1. The van der Waals surface area contributed by atoms with Crippen molar-refractivity contribution >= 4 is 28.3 Å². The maximum Gasteiger partial charge on any atom is 0.419 e. The van der Waals surface area contributed by atoms with Gasteiger partial charge in [-0.3, -0.25) is 0 Å². The van der Waals surface area contributed by atoms with Gasteiger partial charge in [-0.25, -0.2) is 9.37 Å². The number of aromatic nitrogens is 1. The smallest absolute Gasteiger partial charge is 0.419 e. The minimum Gasteiger partial charge on any atom is -0.436 e. The van der Waals surface area contributed by atoms with Gasteiger partial charge in [0.05, 0.1) is 5.56 Å². The maximum atomic E-state index is 13.4. The van der Waals surface area contributed by atoms with Crippen LogP contribution in [0.4, 0.5) is 17.6 Å². The number of benzene rings is 2. The Balaban J connectivity index is 1.94. The first-order valence-corrected chi connectivity index (χ1v) is 7.73. The highest BCUT2D eigenvalue weighted by Crippen LogP contribution is 2.33. The van der Waals surface area contributed by atoms with Crippen molar-refractivity contribution < 1.29 is 22.0 Å². The molecule has 0 N–H and O–H groups in total. The van der Waals surface area contributed by atoms with Crippen LogP contribution in [0.15, 0.2) is 46.9 Å². The summed E-state index contributed by atoms with van der Waals surface area (Å²) in [5.74, 6) is -1.01. The molecule has 3 rings (SSSR count). The third kappa shape index (κ3) is 3.69. The maximum absolute atomic E-state index is 13.4. The van der Waals surface area contributed by atoms with Crippen LogP contribution in [-0.2, 0) is 12.6 Å². The van der Waals surface area contributed by atoms with E-state index < -0.39 is 17.6 Å². The fourth-order valence-corrected chi connectivity index (χ4v) is 2.62. The van der Waals surface area contributed by atoms with Crippen LogP contribution in [-0.4, -0.2) is 4.98 Å². The van der Waals surface area contributed by atoms with Gasteiger partial charge in [0.1, 0.15) is 11.3 Å². The van der Waals surface area contributed by atoms with Gasteiger partial charge in [-0.1, -0.05) is 23.7 Å². The largest absolute Gasteiger partial charge is 0.436 e. The van der Waals surface area contributed by atoms with E-state index in [1.165, 1.54) is 6.07 Å². The van der Waals surface area contributed by atoms with Crippen molar-refractivity contribution in [2.45, 2.75) is 19.5 Å². The Kier molecular flexibility index (Phi) is 4.56. The molecule has 2 aromatic carbocycles. The summed E-state index contributed by atoms with van der Waals surface area (Å²) in [4.78, 5) is 4.31. The van der Waals surface area contributed by atoms with Crippen molar-refractivity contribution in [1.29, 1.82) is 0 Å². The molecule has 0 atom stereocenters. The molecule has 130 valence electrons. The van der Waals surface area contributed by atoms with Gasteiger partial charge in [0.15, 0.2) is 5.58 Å². The van der Waals surface area contributed by atoms with Gasteiger partial charge in [-0.15, -0.1) is 0 Å². The summed E-state index contributed by atoms with van der Waals surface area (Å²) in [5, 5.41) is 0.503. The highest BCUT2D eigenvalue weighted by molar-refractivity contribution is 6.31. The Bertz CT molecular complexity index is 959. The summed E-state index contributed by atoms with van der Waals surface area (Å²) < 4.78 is 57.6. The van der Waals surface area contributed by atoms with E-state index in [0.717, 1.165) is 12.1 Å². The van der Waals surface area contributed by atoms with Gasteiger partial charge in [0.2, 0.25) is 5.89 Å². The Labute approximate surface area is 145 Å². The second-order valence-electron chi connectivity index (χ2n) is 5.43. The third-order valence-electron chi connectivity index (χ3n) is 3.70. The first-order chi connectivity index (χ1) is 11.8. The second-order valence-corrected chi connectivity index (χ2v) is 5.87. The Morgan fingerprint density at radius 3 is 2.64 bits per heavy atom. The standard InChI is InChI=1S/C18H12ClF4NO/c1-2-11(17-24-15-9-12(19)4-6-16(15)25-17)7-10-3-5-14(20)13(8-10)18(21,22)23/h2-6,8-9H,7H2,1H3. The number of fused-ring (bicyclic) bond motifs is 1. The molecular weight excluding hydrogens is 358 g/mol. The van der Waals surface area contributed by atoms with E-state index in [4.69, 9.17) is 16.0 Å². The van der Waals surface area contributed by atoms with Crippen molar-refractivity contribution in [2.75, 3.05) is 0 Å². The quantitative estimate of drug-likeness (QED) is 0.507. The van der Waals surface area contributed by atoms with Crippen LogP contribution in [0.5, 0.6) is 0 Å². The van der Waals surface area contributed by atoms with Crippen molar-refractivity contribution in [1.82, 2.24) is 4.98 Å². The summed E-state index contributed by atoms with van der Waals surface area (Å²) in [5.41, 5.74) is 0.685. The third-order valence-corrected chi connectivity index (χ3v) is 3.94. The molecule has 2 nitrogen and oxygen atoms in total. The van der Waals surface area contributed by atoms with E-state index >= 15 is 0 Å². The van der Waals surface area contributed by atoms with Crippen LogP contribution in [0, 0.1) is 5.82 Å². The molecule has 25 heavy (non-hydrogen) atoms. The van der Waals surface area contributed by atoms with Crippen molar-refractivity contribution in [3.63, 3.8) is 0 Å². The molecule has 0 aliphatic heterocycles. The Morgan fingerprint density at radius 1 is 1.20 bits per heavy atom. The van der Waals surface area contributed by atoms with Crippen LogP contribution >= 0.6 is 11.6 Å². The first kappa shape index (κ1) is 17.5. The van der Waals surface area contributed by atoms with Crippen molar-refractivity contribution in [2.24, 2.45) is 0 Å². The zero-order chi connectivity index (χ0) is 18.2. The van der Waals surface area contributed by atoms with Gasteiger partial charge in [-0.05, 0) is 42.8 Å². The predicted molar refractivity (Wildman–Crippen MR) is 87.8 cm³/mol.